The highest BCUT2D eigenvalue weighted by atomic mass is 35.5. The summed E-state index contributed by atoms with van der Waals surface area (Å²) in [5, 5.41) is 0.645. The molecule has 1 heterocycles. The van der Waals surface area contributed by atoms with E-state index in [1.54, 1.807) is 30.5 Å². The van der Waals surface area contributed by atoms with Gasteiger partial charge in [-0.1, -0.05) is 32.4 Å². The van der Waals surface area contributed by atoms with E-state index in [1.165, 1.54) is 17.1 Å². The van der Waals surface area contributed by atoms with Gasteiger partial charge in [0.25, 0.3) is 0 Å². The van der Waals surface area contributed by atoms with Gasteiger partial charge in [-0.2, -0.15) is 0 Å². The van der Waals surface area contributed by atoms with E-state index in [0.29, 0.717) is 10.8 Å². The van der Waals surface area contributed by atoms with Crippen molar-refractivity contribution in [2.45, 2.75) is 26.9 Å². The first-order chi connectivity index (χ1) is 10.4. The number of carbonyl (C=O) groups excluding carboxylic acids is 1. The van der Waals surface area contributed by atoms with Crippen LogP contribution in [0.1, 0.15) is 20.8 Å². The summed E-state index contributed by atoms with van der Waals surface area (Å²) < 4.78 is 12.5. The van der Waals surface area contributed by atoms with Crippen LogP contribution in [0.15, 0.2) is 43.0 Å². The maximum Gasteiger partial charge on any atom is 0.419 e. The quantitative estimate of drug-likeness (QED) is 0.853. The Morgan fingerprint density at radius 2 is 2.00 bits per heavy atom. The number of nitrogens with zero attached hydrogens (tertiary/aromatic N) is 2. The molecule has 0 aliphatic carbocycles. The minimum Gasteiger partial charge on any atom is -0.490 e. The van der Waals surface area contributed by atoms with Gasteiger partial charge in [-0.15, -0.1) is 0 Å². The van der Waals surface area contributed by atoms with Gasteiger partial charge < -0.3 is 9.47 Å². The van der Waals surface area contributed by atoms with Gasteiger partial charge in [0.2, 0.25) is 0 Å². The minimum atomic E-state index is -0.475. The van der Waals surface area contributed by atoms with Gasteiger partial charge in [0.15, 0.2) is 0 Å². The highest BCUT2D eigenvalue weighted by Crippen LogP contribution is 2.24. The van der Waals surface area contributed by atoms with Gasteiger partial charge in [-0.25, -0.2) is 14.3 Å². The van der Waals surface area contributed by atoms with Crippen LogP contribution >= 0.6 is 11.6 Å². The van der Waals surface area contributed by atoms with Crippen molar-refractivity contribution in [3.05, 3.63) is 48.0 Å². The lowest BCUT2D eigenvalue weighted by Crippen LogP contribution is -2.37. The molecule has 6 heteroatoms. The van der Waals surface area contributed by atoms with E-state index in [9.17, 15) is 4.79 Å². The molecule has 1 unspecified atom stereocenters. The molecule has 1 atom stereocenters. The van der Waals surface area contributed by atoms with Gasteiger partial charge in [-0.3, -0.25) is 0 Å². The Labute approximate surface area is 134 Å². The zero-order valence-corrected chi connectivity index (χ0v) is 13.6. The minimum absolute atomic E-state index is 0.256. The molecule has 0 radical (unpaired) electrons. The summed E-state index contributed by atoms with van der Waals surface area (Å²) in [5.74, 6) is 0.678. The van der Waals surface area contributed by atoms with Crippen molar-refractivity contribution in [1.82, 2.24) is 9.55 Å². The third-order valence-corrected chi connectivity index (χ3v) is 3.39. The molecule has 0 amide bonds. The van der Waals surface area contributed by atoms with E-state index in [-0.39, 0.29) is 12.0 Å². The van der Waals surface area contributed by atoms with Crippen LogP contribution in [-0.2, 0) is 4.74 Å². The van der Waals surface area contributed by atoms with Crippen molar-refractivity contribution < 1.29 is 14.3 Å². The number of imidazole rings is 1. The highest BCUT2D eigenvalue weighted by Gasteiger charge is 2.29. The topological polar surface area (TPSA) is 53.4 Å². The average molecular weight is 323 g/mol. The van der Waals surface area contributed by atoms with E-state index >= 15 is 0 Å². The summed E-state index contributed by atoms with van der Waals surface area (Å²) in [5.41, 5.74) is -0.261. The Morgan fingerprint density at radius 3 is 2.55 bits per heavy atom. The summed E-state index contributed by atoms with van der Waals surface area (Å²) >= 11 is 5.84. The lowest BCUT2D eigenvalue weighted by molar-refractivity contribution is 0.00210. The van der Waals surface area contributed by atoms with E-state index in [2.05, 4.69) is 4.98 Å². The molecule has 2 rings (SSSR count). The van der Waals surface area contributed by atoms with Gasteiger partial charge >= 0.3 is 6.09 Å². The lowest BCUT2D eigenvalue weighted by Gasteiger charge is -2.30. The zero-order chi connectivity index (χ0) is 16.2. The molecule has 5 nitrogen and oxygen atoms in total. The van der Waals surface area contributed by atoms with Crippen LogP contribution in [0.3, 0.4) is 0 Å². The number of aromatic nitrogens is 2. The number of carbonyl (C=O) groups is 1. The molecule has 0 spiro atoms. The number of ether oxygens (including phenoxy) is 2. The van der Waals surface area contributed by atoms with E-state index in [4.69, 9.17) is 21.1 Å². The Bertz CT molecular complexity index is 603. The molecular formula is C16H19ClN2O3. The van der Waals surface area contributed by atoms with Crippen LogP contribution in [-0.4, -0.2) is 28.4 Å². The fraction of sp³-hybridized carbons (Fsp3) is 0.375. The van der Waals surface area contributed by atoms with E-state index in [1.807, 2.05) is 20.8 Å². The molecular weight excluding hydrogens is 304 g/mol. The fourth-order valence-electron chi connectivity index (χ4n) is 1.71. The number of hydrogen-bond acceptors (Lipinski definition) is 4. The molecule has 1 aromatic carbocycles. The van der Waals surface area contributed by atoms with Gasteiger partial charge in [0, 0.05) is 22.8 Å². The predicted molar refractivity (Wildman–Crippen MR) is 84.3 cm³/mol. The van der Waals surface area contributed by atoms with Crippen molar-refractivity contribution in [2.24, 2.45) is 5.41 Å². The summed E-state index contributed by atoms with van der Waals surface area (Å²) in [4.78, 5) is 15.9. The molecule has 0 saturated carbocycles. The first-order valence-corrected chi connectivity index (χ1v) is 7.31. The number of halogens is 1. The monoisotopic (exact) mass is 322 g/mol. The second kappa shape index (κ2) is 6.83. The van der Waals surface area contributed by atoms with Crippen molar-refractivity contribution in [1.29, 1.82) is 0 Å². The average Bonchev–Trinajstić information content (AvgIpc) is 2.98. The van der Waals surface area contributed by atoms with Crippen molar-refractivity contribution >= 4 is 17.7 Å². The molecule has 0 fully saturated rings. The summed E-state index contributed by atoms with van der Waals surface area (Å²) in [6.07, 6.45) is 3.59. The van der Waals surface area contributed by atoms with Crippen molar-refractivity contribution in [3.63, 3.8) is 0 Å². The van der Waals surface area contributed by atoms with Crippen LogP contribution in [0.2, 0.25) is 5.02 Å². The van der Waals surface area contributed by atoms with Crippen molar-refractivity contribution in [3.8, 4) is 5.75 Å². The largest absolute Gasteiger partial charge is 0.490 e. The Morgan fingerprint density at radius 1 is 1.32 bits per heavy atom. The van der Waals surface area contributed by atoms with Crippen LogP contribution in [0.4, 0.5) is 4.79 Å². The van der Waals surface area contributed by atoms with Gasteiger partial charge in [-0.05, 0) is 24.3 Å². The lowest BCUT2D eigenvalue weighted by atomic mass is 9.89. The standard InChI is InChI=1S/C16H19ClN2O3/c1-16(2,3)14(22-15(20)19-9-8-18-11-19)10-21-13-6-4-12(17)5-7-13/h4-9,11,14H,10H2,1-3H3. The maximum atomic E-state index is 12.0. The molecule has 0 aliphatic heterocycles. The third-order valence-electron chi connectivity index (χ3n) is 3.14. The third kappa shape index (κ3) is 4.49. The van der Waals surface area contributed by atoms with Crippen LogP contribution < -0.4 is 4.74 Å². The van der Waals surface area contributed by atoms with Crippen LogP contribution in [0, 0.1) is 5.41 Å². The van der Waals surface area contributed by atoms with Gasteiger partial charge in [0.05, 0.1) is 0 Å². The number of rotatable bonds is 4. The molecule has 0 N–H and O–H groups in total. The van der Waals surface area contributed by atoms with E-state index < -0.39 is 12.2 Å². The predicted octanol–water partition coefficient (Wildman–Crippen LogP) is 4.01. The Balaban J connectivity index is 2.00. The molecule has 1 aromatic heterocycles. The molecule has 2 aromatic rings. The molecule has 22 heavy (non-hydrogen) atoms. The second-order valence-corrected chi connectivity index (χ2v) is 6.41. The van der Waals surface area contributed by atoms with Gasteiger partial charge in [0.1, 0.15) is 24.8 Å². The molecule has 118 valence electrons. The summed E-state index contributed by atoms with van der Waals surface area (Å²) in [6.45, 7) is 6.23. The van der Waals surface area contributed by atoms with Crippen LogP contribution in [0.25, 0.3) is 0 Å². The van der Waals surface area contributed by atoms with Crippen molar-refractivity contribution in [2.75, 3.05) is 6.61 Å². The SMILES string of the molecule is CC(C)(C)C(COc1ccc(Cl)cc1)OC(=O)n1ccnc1. The first kappa shape index (κ1) is 16.4. The summed E-state index contributed by atoms with van der Waals surface area (Å²) in [7, 11) is 0. The smallest absolute Gasteiger partial charge is 0.419 e. The first-order valence-electron chi connectivity index (χ1n) is 6.93. The second-order valence-electron chi connectivity index (χ2n) is 5.97. The summed E-state index contributed by atoms with van der Waals surface area (Å²) in [6, 6.07) is 7.06. The molecule has 0 bridgehead atoms. The van der Waals surface area contributed by atoms with Crippen LogP contribution in [0.5, 0.6) is 5.75 Å². The molecule has 0 aliphatic rings. The zero-order valence-electron chi connectivity index (χ0n) is 12.8. The number of benzene rings is 1. The Hall–Kier alpha value is -2.01. The number of hydrogen-bond donors (Lipinski definition) is 0. The highest BCUT2D eigenvalue weighted by molar-refractivity contribution is 6.30. The maximum absolute atomic E-state index is 12.0. The normalized spacial score (nSPS) is 12.7. The Kier molecular flexibility index (Phi) is 5.08. The fourth-order valence-corrected chi connectivity index (χ4v) is 1.84. The van der Waals surface area contributed by atoms with E-state index in [0.717, 1.165) is 0 Å². The molecule has 0 saturated heterocycles.